The maximum atomic E-state index is 11.9. The first-order valence-electron chi connectivity index (χ1n) is 11.6. The van der Waals surface area contributed by atoms with Gasteiger partial charge in [0.15, 0.2) is 6.29 Å². The summed E-state index contributed by atoms with van der Waals surface area (Å²) in [6.07, 6.45) is 9.76. The van der Waals surface area contributed by atoms with Crippen LogP contribution in [0.1, 0.15) is 51.4 Å². The van der Waals surface area contributed by atoms with Gasteiger partial charge in [0.2, 0.25) is 0 Å². The monoisotopic (exact) mass is 454 g/mol. The first kappa shape index (κ1) is 21.9. The molecule has 2 aliphatic heterocycles. The topological polar surface area (TPSA) is 44.8 Å². The van der Waals surface area contributed by atoms with Crippen molar-refractivity contribution in [2.45, 2.75) is 51.9 Å². The number of rotatable bonds is 3. The minimum atomic E-state index is -0.416. The third kappa shape index (κ3) is 3.48. The normalized spacial score (nSPS) is 39.4. The molecule has 4 nitrogen and oxygen atoms in total. The van der Waals surface area contributed by atoms with Gasteiger partial charge in [-0.3, -0.25) is 0 Å². The largest absolute Gasteiger partial charge is 0.458 e. The van der Waals surface area contributed by atoms with Crippen molar-refractivity contribution in [3.8, 4) is 0 Å². The van der Waals surface area contributed by atoms with Crippen LogP contribution in [0, 0.1) is 22.7 Å². The Balaban J connectivity index is 1.40. The maximum Gasteiger partial charge on any atom is 0.338 e. The second kappa shape index (κ2) is 8.16. The van der Waals surface area contributed by atoms with E-state index < -0.39 is 6.29 Å². The minimum absolute atomic E-state index is 0.0457. The second-order valence-electron chi connectivity index (χ2n) is 10.2. The summed E-state index contributed by atoms with van der Waals surface area (Å²) in [5.74, 6) is 0.417. The van der Waals surface area contributed by atoms with E-state index in [4.69, 9.17) is 25.8 Å². The van der Waals surface area contributed by atoms with Crippen molar-refractivity contribution in [3.63, 3.8) is 0 Å². The highest BCUT2D eigenvalue weighted by Crippen LogP contribution is 2.63. The molecule has 2 aliphatic carbocycles. The van der Waals surface area contributed by atoms with Gasteiger partial charge >= 0.3 is 5.97 Å². The van der Waals surface area contributed by atoms with E-state index in [1.807, 2.05) is 36.4 Å². The first-order chi connectivity index (χ1) is 15.3. The van der Waals surface area contributed by atoms with Gasteiger partial charge in [-0.2, -0.15) is 0 Å². The van der Waals surface area contributed by atoms with Gasteiger partial charge in [-0.15, -0.1) is 0 Å². The molecular weight excluding hydrogens is 424 g/mol. The fraction of sp³-hybridized carbons (Fsp3) is 0.519. The number of hydrogen-bond acceptors (Lipinski definition) is 4. The zero-order valence-corrected chi connectivity index (χ0v) is 19.6. The summed E-state index contributed by atoms with van der Waals surface area (Å²) >= 11 is 6.42. The van der Waals surface area contributed by atoms with Gasteiger partial charge in [0.25, 0.3) is 0 Å². The molecule has 5 heteroatoms. The minimum Gasteiger partial charge on any atom is -0.458 e. The van der Waals surface area contributed by atoms with Crippen molar-refractivity contribution in [3.05, 3.63) is 70.8 Å². The predicted octanol–water partition coefficient (Wildman–Crippen LogP) is 6.18. The summed E-state index contributed by atoms with van der Waals surface area (Å²) < 4.78 is 17.9. The number of ether oxygens (including phenoxy) is 3. The average molecular weight is 455 g/mol. The van der Waals surface area contributed by atoms with Gasteiger partial charge in [0, 0.05) is 21.9 Å². The summed E-state index contributed by atoms with van der Waals surface area (Å²) in [5.41, 5.74) is 2.77. The predicted molar refractivity (Wildman–Crippen MR) is 124 cm³/mol. The van der Waals surface area contributed by atoms with Crippen molar-refractivity contribution in [1.29, 1.82) is 0 Å². The molecule has 5 rings (SSSR count). The van der Waals surface area contributed by atoms with Crippen LogP contribution in [0.2, 0.25) is 5.02 Å². The smallest absolute Gasteiger partial charge is 0.338 e. The lowest BCUT2D eigenvalue weighted by atomic mass is 9.46. The molecule has 170 valence electrons. The fourth-order valence-electron chi connectivity index (χ4n) is 6.66. The van der Waals surface area contributed by atoms with Crippen LogP contribution in [0.3, 0.4) is 0 Å². The zero-order valence-electron chi connectivity index (χ0n) is 18.8. The van der Waals surface area contributed by atoms with Crippen LogP contribution in [0.15, 0.2) is 60.2 Å². The highest BCUT2D eigenvalue weighted by Gasteiger charge is 2.60. The van der Waals surface area contributed by atoms with E-state index in [1.54, 1.807) is 0 Å². The van der Waals surface area contributed by atoms with E-state index in [1.165, 1.54) is 5.57 Å². The molecule has 6 unspecified atom stereocenters. The Bertz CT molecular complexity index is 997. The number of carbonyl (C=O) groups excluding carboxylic acids is 1. The Labute approximate surface area is 195 Å². The Morgan fingerprint density at radius 2 is 2.00 bits per heavy atom. The van der Waals surface area contributed by atoms with Crippen molar-refractivity contribution < 1.29 is 19.0 Å². The highest BCUT2D eigenvalue weighted by atomic mass is 35.5. The molecule has 0 bridgehead atoms. The Morgan fingerprint density at radius 1 is 1.19 bits per heavy atom. The molecule has 3 fully saturated rings. The van der Waals surface area contributed by atoms with E-state index >= 15 is 0 Å². The molecular formula is C27H31ClO4. The van der Waals surface area contributed by atoms with Gasteiger partial charge in [-0.1, -0.05) is 68.0 Å². The maximum absolute atomic E-state index is 11.9. The number of hydrogen-bond donors (Lipinski definition) is 0. The first-order valence-corrected chi connectivity index (χ1v) is 12.0. The molecule has 2 saturated carbocycles. The molecule has 2 heterocycles. The van der Waals surface area contributed by atoms with Gasteiger partial charge in [-0.25, -0.2) is 4.79 Å². The van der Waals surface area contributed by atoms with Crippen LogP contribution in [-0.2, 0) is 19.0 Å². The van der Waals surface area contributed by atoms with E-state index in [-0.39, 0.29) is 28.8 Å². The molecule has 1 aromatic rings. The van der Waals surface area contributed by atoms with Crippen molar-refractivity contribution in [2.24, 2.45) is 22.7 Å². The third-order valence-electron chi connectivity index (χ3n) is 8.39. The van der Waals surface area contributed by atoms with Gasteiger partial charge in [-0.05, 0) is 49.2 Å². The van der Waals surface area contributed by atoms with Gasteiger partial charge in [0.05, 0.1) is 18.3 Å². The molecule has 0 N–H and O–H groups in total. The molecule has 32 heavy (non-hydrogen) atoms. The number of cyclic esters (lactones) is 1. The lowest BCUT2D eigenvalue weighted by Gasteiger charge is -2.62. The number of allylic oxidation sites excluding steroid dienone is 2. The fourth-order valence-corrected chi connectivity index (χ4v) is 6.89. The summed E-state index contributed by atoms with van der Waals surface area (Å²) in [4.78, 5) is 11.9. The van der Waals surface area contributed by atoms with E-state index in [0.29, 0.717) is 29.7 Å². The third-order valence-corrected chi connectivity index (χ3v) is 8.74. The molecule has 0 amide bonds. The summed E-state index contributed by atoms with van der Waals surface area (Å²) in [5, 5.41) is 0.681. The van der Waals surface area contributed by atoms with E-state index in [9.17, 15) is 4.79 Å². The highest BCUT2D eigenvalue weighted by molar-refractivity contribution is 6.31. The van der Waals surface area contributed by atoms with Crippen LogP contribution in [-0.4, -0.2) is 25.3 Å². The molecule has 0 radical (unpaired) electrons. The Hall–Kier alpha value is -1.88. The van der Waals surface area contributed by atoms with Gasteiger partial charge in [0.1, 0.15) is 6.61 Å². The van der Waals surface area contributed by atoms with Crippen LogP contribution in [0.25, 0.3) is 0 Å². The van der Waals surface area contributed by atoms with Crippen LogP contribution >= 0.6 is 11.6 Å². The zero-order chi connectivity index (χ0) is 22.5. The number of benzene rings is 1. The Morgan fingerprint density at radius 3 is 2.75 bits per heavy atom. The SMILES string of the molecule is C=C1CCC2C3(C)COC(c4ccccc4Cl)OC3CCC2(C)C1/C=C/C1=CCOC1=O. The van der Waals surface area contributed by atoms with Crippen molar-refractivity contribution in [2.75, 3.05) is 13.2 Å². The van der Waals surface area contributed by atoms with Crippen molar-refractivity contribution in [1.82, 2.24) is 0 Å². The summed E-state index contributed by atoms with van der Waals surface area (Å²) in [6, 6.07) is 7.76. The number of esters is 1. The summed E-state index contributed by atoms with van der Waals surface area (Å²) in [7, 11) is 0. The van der Waals surface area contributed by atoms with Crippen LogP contribution < -0.4 is 0 Å². The van der Waals surface area contributed by atoms with Crippen LogP contribution in [0.5, 0.6) is 0 Å². The number of carbonyl (C=O) groups is 1. The Kier molecular flexibility index (Phi) is 5.59. The van der Waals surface area contributed by atoms with Crippen LogP contribution in [0.4, 0.5) is 0 Å². The van der Waals surface area contributed by atoms with E-state index in [0.717, 1.165) is 31.2 Å². The molecule has 0 spiro atoms. The standard InChI is InChI=1S/C27H31ClO4/c1-17-8-11-22-26(2,20(17)10-9-18-13-15-30-24(18)29)14-12-23-27(22,3)16-31-25(32-23)19-6-4-5-7-21(19)28/h4-7,9-10,13,20,22-23,25H,1,8,11-12,14-16H2,2-3H3/b10-9+. The number of halogens is 1. The van der Waals surface area contributed by atoms with Crippen molar-refractivity contribution >= 4 is 17.6 Å². The molecule has 1 saturated heterocycles. The lowest BCUT2D eigenvalue weighted by molar-refractivity contribution is -0.306. The molecule has 1 aromatic carbocycles. The van der Waals surface area contributed by atoms with Gasteiger partial charge < -0.3 is 14.2 Å². The number of fused-ring (bicyclic) bond motifs is 3. The lowest BCUT2D eigenvalue weighted by Crippen LogP contribution is -2.60. The molecule has 0 aromatic heterocycles. The summed E-state index contributed by atoms with van der Waals surface area (Å²) in [6.45, 7) is 10.1. The molecule has 4 aliphatic rings. The average Bonchev–Trinajstić information content (AvgIpc) is 3.18. The quantitative estimate of drug-likeness (QED) is 0.404. The van der Waals surface area contributed by atoms with E-state index in [2.05, 4.69) is 26.5 Å². The second-order valence-corrected chi connectivity index (χ2v) is 10.6. The molecule has 6 atom stereocenters.